The van der Waals surface area contributed by atoms with Crippen molar-refractivity contribution in [2.75, 3.05) is 7.11 Å². The van der Waals surface area contributed by atoms with Crippen molar-refractivity contribution in [1.29, 1.82) is 0 Å². The summed E-state index contributed by atoms with van der Waals surface area (Å²) < 4.78 is 68.7. The Balaban J connectivity index is 3.40. The largest absolute Gasteiger partial charge is 0.574 e. The lowest BCUT2D eigenvalue weighted by atomic mass is 10.2. The number of halogens is 5. The summed E-state index contributed by atoms with van der Waals surface area (Å²) in [7, 11) is 0.884. The van der Waals surface area contributed by atoms with Crippen molar-refractivity contribution >= 4 is 5.69 Å². The fraction of sp³-hybridized carbons (Fsp3) is 0.375. The quantitative estimate of drug-likeness (QED) is 0.484. The number of alkyl halides is 5. The Hall–Kier alpha value is -2.20. The molecule has 0 aliphatic rings. The molecule has 19 heavy (non-hydrogen) atoms. The van der Waals surface area contributed by atoms with E-state index in [9.17, 15) is 32.1 Å². The Morgan fingerprint density at radius 2 is 1.95 bits per heavy atom. The van der Waals surface area contributed by atoms with E-state index in [4.69, 9.17) is 0 Å². The molecular formula is C8H5F5N2O4. The summed E-state index contributed by atoms with van der Waals surface area (Å²) in [6.45, 7) is 0. The van der Waals surface area contributed by atoms with Gasteiger partial charge in [-0.25, -0.2) is 8.78 Å². The van der Waals surface area contributed by atoms with Gasteiger partial charge in [0.2, 0.25) is 5.88 Å². The first-order valence-electron chi connectivity index (χ1n) is 4.43. The molecule has 11 heteroatoms. The van der Waals surface area contributed by atoms with Crippen LogP contribution in [0.25, 0.3) is 0 Å². The van der Waals surface area contributed by atoms with Crippen molar-refractivity contribution in [3.8, 4) is 11.8 Å². The maximum Gasteiger partial charge on any atom is 0.574 e. The van der Waals surface area contributed by atoms with E-state index < -0.39 is 40.7 Å². The van der Waals surface area contributed by atoms with Crippen LogP contribution in [-0.2, 0) is 0 Å². The minimum Gasteiger partial charge on any atom is -0.476 e. The Bertz CT molecular complexity index is 491. The molecule has 0 aliphatic carbocycles. The number of pyridine rings is 1. The van der Waals surface area contributed by atoms with E-state index in [1.54, 1.807) is 0 Å². The molecule has 0 amide bonds. The number of rotatable bonds is 4. The van der Waals surface area contributed by atoms with E-state index in [1.807, 2.05) is 0 Å². The molecule has 0 N–H and O–H groups in total. The minimum atomic E-state index is -5.27. The molecule has 1 aromatic rings. The zero-order valence-corrected chi connectivity index (χ0v) is 9.07. The van der Waals surface area contributed by atoms with E-state index in [1.165, 1.54) is 0 Å². The van der Waals surface area contributed by atoms with Crippen molar-refractivity contribution in [2.24, 2.45) is 0 Å². The zero-order valence-electron chi connectivity index (χ0n) is 9.07. The van der Waals surface area contributed by atoms with Crippen LogP contribution in [0.2, 0.25) is 0 Å². The first-order valence-corrected chi connectivity index (χ1v) is 4.43. The highest BCUT2D eigenvalue weighted by Crippen LogP contribution is 2.37. The van der Waals surface area contributed by atoms with Crippen molar-refractivity contribution < 1.29 is 36.3 Å². The van der Waals surface area contributed by atoms with Crippen molar-refractivity contribution in [2.45, 2.75) is 12.8 Å². The van der Waals surface area contributed by atoms with Gasteiger partial charge in [0.25, 0.3) is 12.3 Å². The van der Waals surface area contributed by atoms with Crippen LogP contribution in [0.4, 0.5) is 27.6 Å². The summed E-state index contributed by atoms with van der Waals surface area (Å²) in [6, 6.07) is 0.220. The number of methoxy groups -OCH3 is 1. The third kappa shape index (κ3) is 3.63. The van der Waals surface area contributed by atoms with Gasteiger partial charge < -0.3 is 9.47 Å². The normalized spacial score (nSPS) is 11.5. The summed E-state index contributed by atoms with van der Waals surface area (Å²) in [4.78, 5) is 12.3. The number of aromatic nitrogens is 1. The third-order valence-corrected chi connectivity index (χ3v) is 1.80. The van der Waals surface area contributed by atoms with E-state index in [2.05, 4.69) is 14.5 Å². The second-order valence-electron chi connectivity index (χ2n) is 3.02. The molecule has 6 nitrogen and oxygen atoms in total. The van der Waals surface area contributed by atoms with Crippen LogP contribution in [0.1, 0.15) is 12.0 Å². The molecule has 0 radical (unpaired) electrons. The van der Waals surface area contributed by atoms with Gasteiger partial charge in [-0.15, -0.1) is 13.2 Å². The average molecular weight is 288 g/mol. The van der Waals surface area contributed by atoms with Gasteiger partial charge in [-0.2, -0.15) is 4.98 Å². The van der Waals surface area contributed by atoms with E-state index >= 15 is 0 Å². The lowest BCUT2D eigenvalue weighted by molar-refractivity contribution is -0.386. The van der Waals surface area contributed by atoms with Gasteiger partial charge >= 0.3 is 12.0 Å². The van der Waals surface area contributed by atoms with Gasteiger partial charge in [-0.1, -0.05) is 0 Å². The number of ether oxygens (including phenoxy) is 2. The molecule has 0 unspecified atom stereocenters. The first kappa shape index (κ1) is 14.9. The van der Waals surface area contributed by atoms with Crippen molar-refractivity contribution in [3.05, 3.63) is 21.7 Å². The lowest BCUT2D eigenvalue weighted by Gasteiger charge is -2.12. The second kappa shape index (κ2) is 5.20. The molecular weight excluding hydrogens is 283 g/mol. The van der Waals surface area contributed by atoms with E-state index in [-0.39, 0.29) is 6.07 Å². The molecule has 0 bridgehead atoms. The van der Waals surface area contributed by atoms with Crippen LogP contribution in [0.15, 0.2) is 6.07 Å². The molecule has 0 atom stereocenters. The van der Waals surface area contributed by atoms with Crippen molar-refractivity contribution in [3.63, 3.8) is 0 Å². The fourth-order valence-corrected chi connectivity index (χ4v) is 1.11. The van der Waals surface area contributed by atoms with Crippen LogP contribution >= 0.6 is 0 Å². The molecule has 0 fully saturated rings. The monoisotopic (exact) mass is 288 g/mol. The fourth-order valence-electron chi connectivity index (χ4n) is 1.11. The Morgan fingerprint density at radius 1 is 1.37 bits per heavy atom. The van der Waals surface area contributed by atoms with Gasteiger partial charge in [0.1, 0.15) is 0 Å². The van der Waals surface area contributed by atoms with Crippen LogP contribution < -0.4 is 9.47 Å². The number of hydrogen-bond acceptors (Lipinski definition) is 5. The predicted molar refractivity (Wildman–Crippen MR) is 49.1 cm³/mol. The second-order valence-corrected chi connectivity index (χ2v) is 3.02. The Kier molecular flexibility index (Phi) is 4.07. The smallest absolute Gasteiger partial charge is 0.476 e. The van der Waals surface area contributed by atoms with E-state index in [0.717, 1.165) is 7.11 Å². The van der Waals surface area contributed by atoms with E-state index in [0.29, 0.717) is 0 Å². The molecule has 1 aromatic heterocycles. The SMILES string of the molecule is COc1nc(OC(F)(F)F)c(C(F)F)cc1[N+](=O)[O-]. The first-order chi connectivity index (χ1) is 8.65. The number of nitrogens with zero attached hydrogens (tertiary/aromatic N) is 2. The highest BCUT2D eigenvalue weighted by Gasteiger charge is 2.36. The van der Waals surface area contributed by atoms with Crippen LogP contribution in [-0.4, -0.2) is 23.4 Å². The highest BCUT2D eigenvalue weighted by molar-refractivity contribution is 5.48. The topological polar surface area (TPSA) is 74.5 Å². The lowest BCUT2D eigenvalue weighted by Crippen LogP contribution is -2.19. The van der Waals surface area contributed by atoms with Gasteiger partial charge in [0.15, 0.2) is 0 Å². The maximum atomic E-state index is 12.5. The molecule has 1 heterocycles. The average Bonchev–Trinajstić information content (AvgIpc) is 2.25. The molecule has 0 aliphatic heterocycles. The van der Waals surface area contributed by atoms with Crippen LogP contribution in [0.3, 0.4) is 0 Å². The third-order valence-electron chi connectivity index (χ3n) is 1.80. The standard InChI is InChI=1S/C8H5F5N2O4/c1-18-7-4(15(16)17)2-3(5(9)10)6(14-7)19-8(11,12)13/h2,5H,1H3. The number of nitro groups is 1. The highest BCUT2D eigenvalue weighted by atomic mass is 19.4. The molecule has 0 saturated heterocycles. The predicted octanol–water partition coefficient (Wildman–Crippen LogP) is 2.83. The van der Waals surface area contributed by atoms with Crippen LogP contribution in [0, 0.1) is 10.1 Å². The summed E-state index contributed by atoms with van der Waals surface area (Å²) in [6.07, 6.45) is -8.70. The van der Waals surface area contributed by atoms with Gasteiger partial charge in [0.05, 0.1) is 17.6 Å². The maximum absolute atomic E-state index is 12.5. The van der Waals surface area contributed by atoms with Crippen LogP contribution in [0.5, 0.6) is 11.8 Å². The summed E-state index contributed by atoms with van der Waals surface area (Å²) >= 11 is 0. The molecule has 0 spiro atoms. The summed E-state index contributed by atoms with van der Waals surface area (Å²) in [5.74, 6) is -2.36. The number of hydrogen-bond donors (Lipinski definition) is 0. The Morgan fingerprint density at radius 3 is 2.32 bits per heavy atom. The molecule has 106 valence electrons. The van der Waals surface area contributed by atoms with Gasteiger partial charge in [-0.05, 0) is 0 Å². The molecule has 1 rings (SSSR count). The summed E-state index contributed by atoms with van der Waals surface area (Å²) in [5, 5.41) is 10.5. The zero-order chi connectivity index (χ0) is 14.8. The van der Waals surface area contributed by atoms with Crippen molar-refractivity contribution in [1.82, 2.24) is 4.98 Å². The summed E-state index contributed by atoms with van der Waals surface area (Å²) in [5.41, 5.74) is -2.35. The van der Waals surface area contributed by atoms with Gasteiger partial charge in [0, 0.05) is 6.07 Å². The Labute approximate surface area is 101 Å². The minimum absolute atomic E-state index is 0.220. The molecule has 0 saturated carbocycles. The van der Waals surface area contributed by atoms with Gasteiger partial charge in [-0.3, -0.25) is 10.1 Å². The molecule has 0 aromatic carbocycles.